The molecule has 0 aromatic heterocycles. The second-order valence-electron chi connectivity index (χ2n) is 6.16. The van der Waals surface area contributed by atoms with E-state index in [-0.39, 0.29) is 6.04 Å². The first-order chi connectivity index (χ1) is 9.17. The molecule has 1 aromatic rings. The average molecular weight is 280 g/mol. The molecular weight excluding hydrogens is 258 g/mol. The Labute approximate surface area is 120 Å². The standard InChI is InChI=1S/C16H22ClNO/c1-19-16-5-4-13(17)9-14(16)15(18)8-12-7-10-2-3-11(12)6-10/h4-5,9-12,15H,2-3,6-8,18H2,1H3. The van der Waals surface area contributed by atoms with E-state index in [1.807, 2.05) is 18.2 Å². The largest absolute Gasteiger partial charge is 0.496 e. The zero-order valence-corrected chi connectivity index (χ0v) is 12.2. The number of rotatable bonds is 4. The summed E-state index contributed by atoms with van der Waals surface area (Å²) >= 11 is 6.09. The Bertz CT molecular complexity index is 462. The van der Waals surface area contributed by atoms with Crippen molar-refractivity contribution in [1.29, 1.82) is 0 Å². The molecule has 104 valence electrons. The first-order valence-corrected chi connectivity index (χ1v) is 7.64. The van der Waals surface area contributed by atoms with Crippen LogP contribution >= 0.6 is 11.6 Å². The maximum Gasteiger partial charge on any atom is 0.123 e. The Kier molecular flexibility index (Phi) is 3.72. The molecule has 2 aliphatic rings. The summed E-state index contributed by atoms with van der Waals surface area (Å²) in [7, 11) is 1.69. The van der Waals surface area contributed by atoms with Crippen LogP contribution in [0.15, 0.2) is 18.2 Å². The Morgan fingerprint density at radius 3 is 2.84 bits per heavy atom. The molecule has 19 heavy (non-hydrogen) atoms. The number of fused-ring (bicyclic) bond motifs is 2. The predicted molar refractivity (Wildman–Crippen MR) is 78.5 cm³/mol. The van der Waals surface area contributed by atoms with Gasteiger partial charge >= 0.3 is 0 Å². The number of benzene rings is 1. The second kappa shape index (κ2) is 5.34. The Hall–Kier alpha value is -0.730. The Morgan fingerprint density at radius 2 is 2.21 bits per heavy atom. The fourth-order valence-corrected chi connectivity index (χ4v) is 4.29. The van der Waals surface area contributed by atoms with Gasteiger partial charge in [0.05, 0.1) is 7.11 Å². The third-order valence-electron chi connectivity index (χ3n) is 5.03. The molecular formula is C16H22ClNO. The monoisotopic (exact) mass is 279 g/mol. The number of ether oxygens (including phenoxy) is 1. The molecule has 4 atom stereocenters. The number of hydrogen-bond acceptors (Lipinski definition) is 2. The summed E-state index contributed by atoms with van der Waals surface area (Å²) in [4.78, 5) is 0. The van der Waals surface area contributed by atoms with Gasteiger partial charge in [-0.2, -0.15) is 0 Å². The van der Waals surface area contributed by atoms with E-state index in [2.05, 4.69) is 0 Å². The van der Waals surface area contributed by atoms with Crippen molar-refractivity contribution < 1.29 is 4.74 Å². The molecule has 1 aromatic carbocycles. The van der Waals surface area contributed by atoms with Crippen molar-refractivity contribution in [2.24, 2.45) is 23.5 Å². The lowest BCUT2D eigenvalue weighted by molar-refractivity contribution is 0.293. The molecule has 2 aliphatic carbocycles. The summed E-state index contributed by atoms with van der Waals surface area (Å²) in [5.41, 5.74) is 7.47. The highest BCUT2D eigenvalue weighted by Crippen LogP contribution is 2.51. The van der Waals surface area contributed by atoms with Crippen LogP contribution in [0.3, 0.4) is 0 Å². The minimum Gasteiger partial charge on any atom is -0.496 e. The van der Waals surface area contributed by atoms with Crippen LogP contribution in [0.25, 0.3) is 0 Å². The van der Waals surface area contributed by atoms with Crippen molar-refractivity contribution >= 4 is 11.6 Å². The summed E-state index contributed by atoms with van der Waals surface area (Å²) < 4.78 is 5.41. The van der Waals surface area contributed by atoms with E-state index in [0.29, 0.717) is 0 Å². The van der Waals surface area contributed by atoms with Gasteiger partial charge in [0.15, 0.2) is 0 Å². The minimum absolute atomic E-state index is 0.0398. The number of nitrogens with two attached hydrogens (primary N) is 1. The van der Waals surface area contributed by atoms with Gasteiger partial charge in [-0.1, -0.05) is 18.0 Å². The predicted octanol–water partition coefficient (Wildman–Crippen LogP) is 4.17. The molecule has 0 amide bonds. The zero-order chi connectivity index (χ0) is 13.4. The van der Waals surface area contributed by atoms with Crippen molar-refractivity contribution in [3.05, 3.63) is 28.8 Å². The van der Waals surface area contributed by atoms with Gasteiger partial charge in [0.2, 0.25) is 0 Å². The molecule has 0 saturated heterocycles. The molecule has 3 rings (SSSR count). The molecule has 2 fully saturated rings. The van der Waals surface area contributed by atoms with Crippen LogP contribution in [0.1, 0.15) is 43.7 Å². The first-order valence-electron chi connectivity index (χ1n) is 7.26. The molecule has 3 heteroatoms. The van der Waals surface area contributed by atoms with Crippen molar-refractivity contribution in [3.63, 3.8) is 0 Å². The van der Waals surface area contributed by atoms with Gasteiger partial charge in [0, 0.05) is 16.6 Å². The highest BCUT2D eigenvalue weighted by atomic mass is 35.5. The second-order valence-corrected chi connectivity index (χ2v) is 6.60. The third kappa shape index (κ3) is 2.61. The van der Waals surface area contributed by atoms with Crippen molar-refractivity contribution in [2.45, 2.75) is 38.1 Å². The van der Waals surface area contributed by atoms with E-state index in [0.717, 1.165) is 40.5 Å². The van der Waals surface area contributed by atoms with Gasteiger partial charge in [-0.05, 0) is 61.6 Å². The minimum atomic E-state index is 0.0398. The van der Waals surface area contributed by atoms with Crippen LogP contribution in [0.2, 0.25) is 5.02 Å². The molecule has 0 aliphatic heterocycles. The number of hydrogen-bond donors (Lipinski definition) is 1. The van der Waals surface area contributed by atoms with Crippen LogP contribution in [-0.4, -0.2) is 7.11 Å². The molecule has 2 saturated carbocycles. The topological polar surface area (TPSA) is 35.2 Å². The smallest absolute Gasteiger partial charge is 0.123 e. The Morgan fingerprint density at radius 1 is 1.37 bits per heavy atom. The van der Waals surface area contributed by atoms with Crippen molar-refractivity contribution in [3.8, 4) is 5.75 Å². The van der Waals surface area contributed by atoms with Crippen LogP contribution in [0, 0.1) is 17.8 Å². The zero-order valence-electron chi connectivity index (χ0n) is 11.4. The highest BCUT2D eigenvalue weighted by Gasteiger charge is 2.40. The number of methoxy groups -OCH3 is 1. The lowest BCUT2D eigenvalue weighted by atomic mass is 9.83. The van der Waals surface area contributed by atoms with Crippen molar-refractivity contribution in [1.82, 2.24) is 0 Å². The van der Waals surface area contributed by atoms with E-state index in [4.69, 9.17) is 22.1 Å². The molecule has 4 unspecified atom stereocenters. The van der Waals surface area contributed by atoms with E-state index in [9.17, 15) is 0 Å². The summed E-state index contributed by atoms with van der Waals surface area (Å²) in [5, 5.41) is 0.735. The van der Waals surface area contributed by atoms with Crippen molar-refractivity contribution in [2.75, 3.05) is 7.11 Å². The molecule has 0 spiro atoms. The Balaban J connectivity index is 1.73. The molecule has 0 heterocycles. The summed E-state index contributed by atoms with van der Waals surface area (Å²) in [6.45, 7) is 0. The van der Waals surface area contributed by atoms with Crippen LogP contribution in [0.5, 0.6) is 5.75 Å². The molecule has 2 bridgehead atoms. The van der Waals surface area contributed by atoms with Crippen LogP contribution < -0.4 is 10.5 Å². The lowest BCUT2D eigenvalue weighted by Gasteiger charge is -2.25. The SMILES string of the molecule is COc1ccc(Cl)cc1C(N)CC1CC2CCC1C2. The van der Waals surface area contributed by atoms with E-state index >= 15 is 0 Å². The summed E-state index contributed by atoms with van der Waals surface area (Å²) in [5.74, 6) is 3.56. The lowest BCUT2D eigenvalue weighted by Crippen LogP contribution is -2.20. The van der Waals surface area contributed by atoms with E-state index in [1.54, 1.807) is 7.11 Å². The summed E-state index contributed by atoms with van der Waals surface area (Å²) in [6, 6.07) is 5.77. The maximum absolute atomic E-state index is 6.41. The molecule has 0 radical (unpaired) electrons. The van der Waals surface area contributed by atoms with Gasteiger partial charge in [-0.3, -0.25) is 0 Å². The van der Waals surface area contributed by atoms with Gasteiger partial charge in [0.25, 0.3) is 0 Å². The maximum atomic E-state index is 6.41. The normalized spacial score (nSPS) is 30.6. The quantitative estimate of drug-likeness (QED) is 0.897. The average Bonchev–Trinajstić information content (AvgIpc) is 3.01. The fraction of sp³-hybridized carbons (Fsp3) is 0.625. The van der Waals surface area contributed by atoms with Crippen LogP contribution in [-0.2, 0) is 0 Å². The first kappa shape index (κ1) is 13.3. The highest BCUT2D eigenvalue weighted by molar-refractivity contribution is 6.30. The van der Waals surface area contributed by atoms with E-state index < -0.39 is 0 Å². The molecule has 2 N–H and O–H groups in total. The van der Waals surface area contributed by atoms with Crippen LogP contribution in [0.4, 0.5) is 0 Å². The summed E-state index contributed by atoms with van der Waals surface area (Å²) in [6.07, 6.45) is 6.73. The van der Waals surface area contributed by atoms with Gasteiger partial charge in [0.1, 0.15) is 5.75 Å². The van der Waals surface area contributed by atoms with E-state index in [1.165, 1.54) is 25.7 Å². The third-order valence-corrected chi connectivity index (χ3v) is 5.27. The fourth-order valence-electron chi connectivity index (χ4n) is 4.11. The molecule has 2 nitrogen and oxygen atoms in total. The van der Waals surface area contributed by atoms with Gasteiger partial charge in [-0.15, -0.1) is 0 Å². The number of halogens is 1. The van der Waals surface area contributed by atoms with Gasteiger partial charge in [-0.25, -0.2) is 0 Å². The van der Waals surface area contributed by atoms with Gasteiger partial charge < -0.3 is 10.5 Å².